The largest absolute Gasteiger partial charge is 0.369 e. The average Bonchev–Trinajstić information content (AvgIpc) is 3.49. The van der Waals surface area contributed by atoms with Crippen LogP contribution in [0.15, 0.2) is 91.0 Å². The van der Waals surface area contributed by atoms with Crippen LogP contribution in [-0.2, 0) is 4.79 Å². The second-order valence-electron chi connectivity index (χ2n) is 11.7. The number of carbonyl (C=O) groups excluding carboxylic acids is 2. The molecule has 1 saturated heterocycles. The van der Waals surface area contributed by atoms with Crippen molar-refractivity contribution in [2.45, 2.75) is 0 Å². The molecule has 6 rings (SSSR count). The van der Waals surface area contributed by atoms with E-state index in [-0.39, 0.29) is 11.6 Å². The van der Waals surface area contributed by atoms with Gasteiger partial charge in [0.05, 0.1) is 11.1 Å². The first kappa shape index (κ1) is 31.4. The zero-order valence-corrected chi connectivity index (χ0v) is 26.7. The summed E-state index contributed by atoms with van der Waals surface area (Å²) in [6, 6.07) is 24.7. The topological polar surface area (TPSA) is 134 Å². The number of nitrogens with one attached hydrogen (secondary N) is 4. The van der Waals surface area contributed by atoms with Crippen molar-refractivity contribution in [3.63, 3.8) is 0 Å². The van der Waals surface area contributed by atoms with Gasteiger partial charge < -0.3 is 30.7 Å². The summed E-state index contributed by atoms with van der Waals surface area (Å²) in [5, 5.41) is 17.0. The highest BCUT2D eigenvalue weighted by molar-refractivity contribution is 6.14. The molecule has 1 aliphatic rings. The van der Waals surface area contributed by atoms with E-state index < -0.39 is 5.91 Å². The lowest BCUT2D eigenvalue weighted by molar-refractivity contribution is -0.111. The standard InChI is InChI=1S/C35H38N10O2/c1-43(2)17-9-16-29(46)36-26-13-7-10-24(22-26)31-30-32(34(47)37-25-11-5-4-6-12-25)41-42-33(30)40-35(39-31)38-27-14-8-15-28(23-27)45-20-18-44(3)19-21-45/h4-16,22-23H,17-21H2,1-3H3,(H,36,46)(H,37,47)(H2,38,39,40,41,42)/b16-9+. The highest BCUT2D eigenvalue weighted by atomic mass is 16.2. The zero-order valence-electron chi connectivity index (χ0n) is 26.7. The molecule has 0 radical (unpaired) electrons. The predicted octanol–water partition coefficient (Wildman–Crippen LogP) is 4.82. The maximum absolute atomic E-state index is 13.5. The highest BCUT2D eigenvalue weighted by Gasteiger charge is 2.22. The van der Waals surface area contributed by atoms with E-state index in [0.717, 1.165) is 37.6 Å². The Labute approximate surface area is 273 Å². The van der Waals surface area contributed by atoms with Gasteiger partial charge >= 0.3 is 0 Å². The Morgan fingerprint density at radius 2 is 1.62 bits per heavy atom. The molecule has 1 fully saturated rings. The number of amides is 2. The van der Waals surface area contributed by atoms with Gasteiger partial charge in [-0.1, -0.05) is 42.5 Å². The van der Waals surface area contributed by atoms with Crippen LogP contribution >= 0.6 is 0 Å². The molecule has 0 atom stereocenters. The SMILES string of the molecule is CN(C)C/C=C/C(=O)Nc1cccc(-c2nc(Nc3cccc(N4CCN(C)CC4)c3)nc3[nH]nc(C(=O)Nc4ccccc4)c23)c1. The fourth-order valence-corrected chi connectivity index (χ4v) is 5.34. The fourth-order valence-electron chi connectivity index (χ4n) is 5.34. The van der Waals surface area contributed by atoms with E-state index in [1.54, 1.807) is 12.1 Å². The van der Waals surface area contributed by atoms with Crippen molar-refractivity contribution < 1.29 is 9.59 Å². The Morgan fingerprint density at radius 3 is 2.40 bits per heavy atom. The third-order valence-electron chi connectivity index (χ3n) is 7.78. The number of likely N-dealkylation sites (N-methyl/N-ethyl adjacent to an activating group) is 2. The molecule has 2 aromatic heterocycles. The summed E-state index contributed by atoms with van der Waals surface area (Å²) in [4.78, 5) is 42.4. The average molecular weight is 631 g/mol. The van der Waals surface area contributed by atoms with Gasteiger partial charge in [-0.3, -0.25) is 14.7 Å². The van der Waals surface area contributed by atoms with Gasteiger partial charge in [-0.05, 0) is 63.6 Å². The van der Waals surface area contributed by atoms with E-state index in [9.17, 15) is 9.59 Å². The Kier molecular flexibility index (Phi) is 9.51. The van der Waals surface area contributed by atoms with Gasteiger partial charge in [0.25, 0.3) is 5.91 Å². The number of fused-ring (bicyclic) bond motifs is 1. The number of piperazine rings is 1. The van der Waals surface area contributed by atoms with Crippen molar-refractivity contribution in [2.24, 2.45) is 0 Å². The molecule has 3 heterocycles. The quantitative estimate of drug-likeness (QED) is 0.160. The zero-order chi connectivity index (χ0) is 32.8. The van der Waals surface area contributed by atoms with E-state index in [4.69, 9.17) is 9.97 Å². The van der Waals surface area contributed by atoms with E-state index in [1.165, 1.54) is 6.08 Å². The smallest absolute Gasteiger partial charge is 0.276 e. The minimum Gasteiger partial charge on any atom is -0.369 e. The van der Waals surface area contributed by atoms with Gasteiger partial charge in [-0.25, -0.2) is 4.98 Å². The number of anilines is 5. The third kappa shape index (κ3) is 7.80. The first-order chi connectivity index (χ1) is 22.8. The summed E-state index contributed by atoms with van der Waals surface area (Å²) in [6.07, 6.45) is 3.31. The molecule has 0 saturated carbocycles. The molecule has 0 unspecified atom stereocenters. The Morgan fingerprint density at radius 1 is 0.872 bits per heavy atom. The van der Waals surface area contributed by atoms with Crippen molar-refractivity contribution in [1.82, 2.24) is 30.0 Å². The van der Waals surface area contributed by atoms with E-state index in [2.05, 4.69) is 55.1 Å². The molecular formula is C35H38N10O2. The fraction of sp³-hybridized carbons (Fsp3) is 0.229. The Balaban J connectivity index is 1.35. The van der Waals surface area contributed by atoms with Crippen molar-refractivity contribution in [3.8, 4) is 11.3 Å². The molecule has 2 amide bonds. The van der Waals surface area contributed by atoms with Crippen LogP contribution in [0.4, 0.5) is 28.7 Å². The summed E-state index contributed by atoms with van der Waals surface area (Å²) in [7, 11) is 6.01. The highest BCUT2D eigenvalue weighted by Crippen LogP contribution is 2.32. The van der Waals surface area contributed by atoms with Crippen molar-refractivity contribution in [3.05, 3.63) is 96.7 Å². The molecule has 0 aliphatic carbocycles. The summed E-state index contributed by atoms with van der Waals surface area (Å²) >= 11 is 0. The number of H-pyrrole nitrogens is 1. The number of hydrogen-bond donors (Lipinski definition) is 4. The summed E-state index contributed by atoms with van der Waals surface area (Å²) < 4.78 is 0. The van der Waals surface area contributed by atoms with E-state index in [1.807, 2.05) is 79.7 Å². The normalized spacial score (nSPS) is 13.7. The van der Waals surface area contributed by atoms with Crippen LogP contribution in [0.1, 0.15) is 10.5 Å². The molecule has 0 bridgehead atoms. The lowest BCUT2D eigenvalue weighted by atomic mass is 10.1. The second-order valence-corrected chi connectivity index (χ2v) is 11.7. The number of carbonyl (C=O) groups is 2. The number of para-hydroxylation sites is 1. The van der Waals surface area contributed by atoms with Gasteiger partial charge in [-0.15, -0.1) is 0 Å². The van der Waals surface area contributed by atoms with Crippen LogP contribution in [-0.4, -0.2) is 95.6 Å². The lowest BCUT2D eigenvalue weighted by Gasteiger charge is -2.34. The van der Waals surface area contributed by atoms with Gasteiger partial charge in [0, 0.05) is 67.1 Å². The van der Waals surface area contributed by atoms with Gasteiger partial charge in [-0.2, -0.15) is 10.1 Å². The molecule has 5 aromatic rings. The van der Waals surface area contributed by atoms with Gasteiger partial charge in [0.1, 0.15) is 0 Å². The monoisotopic (exact) mass is 630 g/mol. The van der Waals surface area contributed by atoms with Crippen LogP contribution < -0.4 is 20.9 Å². The molecule has 240 valence electrons. The number of benzene rings is 3. The predicted molar refractivity (Wildman–Crippen MR) is 187 cm³/mol. The van der Waals surface area contributed by atoms with Crippen LogP contribution in [0.25, 0.3) is 22.3 Å². The number of aromatic amines is 1. The van der Waals surface area contributed by atoms with Crippen molar-refractivity contribution in [2.75, 3.05) is 74.7 Å². The molecule has 4 N–H and O–H groups in total. The van der Waals surface area contributed by atoms with Gasteiger partial charge in [0.2, 0.25) is 11.9 Å². The summed E-state index contributed by atoms with van der Waals surface area (Å²) in [5.74, 6) is -0.309. The molecule has 1 aliphatic heterocycles. The van der Waals surface area contributed by atoms with Crippen molar-refractivity contribution >= 4 is 51.5 Å². The Bertz CT molecular complexity index is 1900. The Hall–Kier alpha value is -5.59. The minimum atomic E-state index is -0.400. The molecule has 47 heavy (non-hydrogen) atoms. The van der Waals surface area contributed by atoms with E-state index >= 15 is 0 Å². The lowest BCUT2D eigenvalue weighted by Crippen LogP contribution is -2.44. The van der Waals surface area contributed by atoms with Crippen LogP contribution in [0.5, 0.6) is 0 Å². The van der Waals surface area contributed by atoms with Crippen LogP contribution in [0.2, 0.25) is 0 Å². The van der Waals surface area contributed by atoms with Crippen LogP contribution in [0.3, 0.4) is 0 Å². The second kappa shape index (κ2) is 14.2. The summed E-state index contributed by atoms with van der Waals surface area (Å²) in [5.41, 5.74) is 4.89. The maximum atomic E-state index is 13.5. The van der Waals surface area contributed by atoms with Gasteiger partial charge in [0.15, 0.2) is 11.3 Å². The number of nitrogens with zero attached hydrogens (tertiary/aromatic N) is 6. The first-order valence-corrected chi connectivity index (χ1v) is 15.5. The molecular weight excluding hydrogens is 592 g/mol. The molecule has 3 aromatic carbocycles. The first-order valence-electron chi connectivity index (χ1n) is 15.5. The van der Waals surface area contributed by atoms with Crippen molar-refractivity contribution in [1.29, 1.82) is 0 Å². The number of aromatic nitrogens is 4. The molecule has 12 heteroatoms. The maximum Gasteiger partial charge on any atom is 0.276 e. The van der Waals surface area contributed by atoms with E-state index in [0.29, 0.717) is 46.2 Å². The minimum absolute atomic E-state index is 0.156. The number of hydrogen-bond acceptors (Lipinski definition) is 9. The molecule has 0 spiro atoms. The third-order valence-corrected chi connectivity index (χ3v) is 7.78. The summed E-state index contributed by atoms with van der Waals surface area (Å²) in [6.45, 7) is 4.56. The van der Waals surface area contributed by atoms with Crippen LogP contribution in [0, 0.1) is 0 Å². The number of rotatable bonds is 10. The molecule has 12 nitrogen and oxygen atoms in total.